The molecule has 1 unspecified atom stereocenters. The third-order valence-corrected chi connectivity index (χ3v) is 4.54. The Kier molecular flexibility index (Phi) is 3.18. The molecule has 6 nitrogen and oxygen atoms in total. The first-order valence-electron chi connectivity index (χ1n) is 5.50. The molecular weight excluding hydrogens is 230 g/mol. The van der Waals surface area contributed by atoms with Crippen molar-refractivity contribution < 1.29 is 13.2 Å². The highest BCUT2D eigenvalue weighted by molar-refractivity contribution is 7.89. The van der Waals surface area contributed by atoms with E-state index in [0.29, 0.717) is 0 Å². The van der Waals surface area contributed by atoms with Crippen LogP contribution in [0.15, 0.2) is 0 Å². The van der Waals surface area contributed by atoms with Gasteiger partial charge >= 0.3 is 0 Å². The number of piperidine rings is 1. The number of sulfonamides is 1. The van der Waals surface area contributed by atoms with Gasteiger partial charge in [0.2, 0.25) is 15.9 Å². The largest absolute Gasteiger partial charge is 0.337 e. The normalized spacial score (nSPS) is 32.1. The van der Waals surface area contributed by atoms with Gasteiger partial charge in [-0.25, -0.2) is 13.6 Å². The highest BCUT2D eigenvalue weighted by Gasteiger charge is 2.39. The lowest BCUT2D eigenvalue weighted by Crippen LogP contribution is -2.47. The quantitative estimate of drug-likeness (QED) is 0.629. The summed E-state index contributed by atoms with van der Waals surface area (Å²) in [7, 11) is -3.59. The van der Waals surface area contributed by atoms with E-state index < -0.39 is 15.3 Å². The second-order valence-electron chi connectivity index (χ2n) is 4.46. The van der Waals surface area contributed by atoms with Gasteiger partial charge in [-0.1, -0.05) is 0 Å². The number of likely N-dealkylation sites (tertiary alicyclic amines) is 1. The molecule has 92 valence electrons. The van der Waals surface area contributed by atoms with Gasteiger partial charge < -0.3 is 10.2 Å². The Bertz CT molecular complexity index is 375. The number of amides is 1. The summed E-state index contributed by atoms with van der Waals surface area (Å²) in [6.07, 6.45) is 2.00. The summed E-state index contributed by atoms with van der Waals surface area (Å²) in [6, 6.07) is 0.132. The van der Waals surface area contributed by atoms with E-state index in [2.05, 4.69) is 5.32 Å². The van der Waals surface area contributed by atoms with Crippen molar-refractivity contribution in [1.82, 2.24) is 10.2 Å². The lowest BCUT2D eigenvalue weighted by Gasteiger charge is -2.31. The molecule has 2 aliphatic rings. The maximum atomic E-state index is 11.7. The van der Waals surface area contributed by atoms with Gasteiger partial charge in [-0.05, 0) is 19.4 Å². The van der Waals surface area contributed by atoms with Crippen LogP contribution in [-0.2, 0) is 14.8 Å². The summed E-state index contributed by atoms with van der Waals surface area (Å²) in [5, 5.41) is 7.56. The Morgan fingerprint density at radius 1 is 1.44 bits per heavy atom. The molecule has 0 aliphatic carbocycles. The SMILES string of the molecule is NS(=O)(=O)C1CC(=O)N([C@@H]2CCCNC2)C1. The van der Waals surface area contributed by atoms with Crippen molar-refractivity contribution >= 4 is 15.9 Å². The van der Waals surface area contributed by atoms with Crippen molar-refractivity contribution in [3.05, 3.63) is 0 Å². The van der Waals surface area contributed by atoms with E-state index in [-0.39, 0.29) is 24.9 Å². The zero-order valence-corrected chi connectivity index (χ0v) is 9.87. The molecular formula is C9H17N3O3S. The molecule has 2 fully saturated rings. The van der Waals surface area contributed by atoms with Crippen LogP contribution in [0.25, 0.3) is 0 Å². The fourth-order valence-corrected chi connectivity index (χ4v) is 3.11. The lowest BCUT2D eigenvalue weighted by molar-refractivity contribution is -0.129. The highest BCUT2D eigenvalue weighted by Crippen LogP contribution is 2.21. The zero-order chi connectivity index (χ0) is 11.8. The van der Waals surface area contributed by atoms with E-state index in [1.807, 2.05) is 0 Å². The first-order valence-corrected chi connectivity index (χ1v) is 7.11. The number of nitrogens with zero attached hydrogens (tertiary/aromatic N) is 1. The van der Waals surface area contributed by atoms with Crippen LogP contribution in [0.5, 0.6) is 0 Å². The molecule has 2 atom stereocenters. The van der Waals surface area contributed by atoms with Crippen LogP contribution in [0.3, 0.4) is 0 Å². The number of hydrogen-bond donors (Lipinski definition) is 2. The molecule has 0 bridgehead atoms. The van der Waals surface area contributed by atoms with Gasteiger partial charge in [0.05, 0.1) is 0 Å². The molecule has 0 aromatic heterocycles. The molecule has 0 saturated carbocycles. The summed E-state index contributed by atoms with van der Waals surface area (Å²) >= 11 is 0. The van der Waals surface area contributed by atoms with Crippen molar-refractivity contribution in [3.63, 3.8) is 0 Å². The third kappa shape index (κ3) is 2.36. The zero-order valence-electron chi connectivity index (χ0n) is 9.05. The van der Waals surface area contributed by atoms with Crippen LogP contribution in [0, 0.1) is 0 Å². The lowest BCUT2D eigenvalue weighted by atomic mass is 10.1. The summed E-state index contributed by atoms with van der Waals surface area (Å²) < 4.78 is 22.4. The van der Waals surface area contributed by atoms with Crippen LogP contribution in [0.2, 0.25) is 0 Å². The molecule has 1 amide bonds. The fourth-order valence-electron chi connectivity index (χ4n) is 2.37. The van der Waals surface area contributed by atoms with E-state index in [0.717, 1.165) is 25.9 Å². The Labute approximate surface area is 95.2 Å². The number of rotatable bonds is 2. The van der Waals surface area contributed by atoms with Crippen molar-refractivity contribution in [2.45, 2.75) is 30.6 Å². The van der Waals surface area contributed by atoms with Crippen LogP contribution in [-0.4, -0.2) is 50.2 Å². The van der Waals surface area contributed by atoms with Crippen LogP contribution >= 0.6 is 0 Å². The van der Waals surface area contributed by atoms with Gasteiger partial charge in [-0.2, -0.15) is 0 Å². The molecule has 2 aliphatic heterocycles. The number of nitrogens with two attached hydrogens (primary N) is 1. The summed E-state index contributed by atoms with van der Waals surface area (Å²) in [6.45, 7) is 1.98. The van der Waals surface area contributed by atoms with Crippen LogP contribution in [0.1, 0.15) is 19.3 Å². The van der Waals surface area contributed by atoms with E-state index in [9.17, 15) is 13.2 Å². The maximum absolute atomic E-state index is 11.7. The first-order chi connectivity index (χ1) is 7.48. The number of nitrogens with one attached hydrogen (secondary N) is 1. The van der Waals surface area contributed by atoms with Crippen LogP contribution in [0.4, 0.5) is 0 Å². The fraction of sp³-hybridized carbons (Fsp3) is 0.889. The van der Waals surface area contributed by atoms with Crippen molar-refractivity contribution in [1.29, 1.82) is 0 Å². The summed E-state index contributed by atoms with van der Waals surface area (Å²) in [5.74, 6) is -0.0901. The molecule has 2 rings (SSSR count). The Morgan fingerprint density at radius 3 is 2.69 bits per heavy atom. The second kappa shape index (κ2) is 4.31. The van der Waals surface area contributed by atoms with E-state index >= 15 is 0 Å². The minimum absolute atomic E-state index is 0.0370. The molecule has 0 radical (unpaired) electrons. The summed E-state index contributed by atoms with van der Waals surface area (Å²) in [5.41, 5.74) is 0. The Morgan fingerprint density at radius 2 is 2.19 bits per heavy atom. The Balaban J connectivity index is 2.04. The average molecular weight is 247 g/mol. The molecule has 16 heavy (non-hydrogen) atoms. The molecule has 3 N–H and O–H groups in total. The van der Waals surface area contributed by atoms with Crippen molar-refractivity contribution in [2.75, 3.05) is 19.6 Å². The van der Waals surface area contributed by atoms with E-state index in [1.165, 1.54) is 0 Å². The minimum atomic E-state index is -3.59. The smallest absolute Gasteiger partial charge is 0.224 e. The van der Waals surface area contributed by atoms with Gasteiger partial charge in [-0.3, -0.25) is 4.79 Å². The topological polar surface area (TPSA) is 92.5 Å². The average Bonchev–Trinajstić information content (AvgIpc) is 2.61. The molecule has 0 aromatic rings. The predicted molar refractivity (Wildman–Crippen MR) is 59.1 cm³/mol. The monoisotopic (exact) mass is 247 g/mol. The van der Waals surface area contributed by atoms with Crippen molar-refractivity contribution in [2.24, 2.45) is 5.14 Å². The third-order valence-electron chi connectivity index (χ3n) is 3.30. The predicted octanol–water partition coefficient (Wildman–Crippen LogP) is -1.37. The first kappa shape index (κ1) is 11.8. The van der Waals surface area contributed by atoms with Gasteiger partial charge in [0, 0.05) is 25.6 Å². The summed E-state index contributed by atoms with van der Waals surface area (Å²) in [4.78, 5) is 13.4. The van der Waals surface area contributed by atoms with Crippen LogP contribution < -0.4 is 10.5 Å². The van der Waals surface area contributed by atoms with E-state index in [1.54, 1.807) is 4.90 Å². The number of primary sulfonamides is 1. The highest BCUT2D eigenvalue weighted by atomic mass is 32.2. The maximum Gasteiger partial charge on any atom is 0.224 e. The number of hydrogen-bond acceptors (Lipinski definition) is 4. The molecule has 2 saturated heterocycles. The second-order valence-corrected chi connectivity index (χ2v) is 6.31. The number of carbonyl (C=O) groups excluding carboxylic acids is 1. The molecule has 0 aromatic carbocycles. The van der Waals surface area contributed by atoms with Crippen molar-refractivity contribution in [3.8, 4) is 0 Å². The standard InChI is InChI=1S/C9H17N3O3S/c10-16(14,15)8-4-9(13)12(6-8)7-2-1-3-11-5-7/h7-8,11H,1-6H2,(H2,10,14,15)/t7-,8?/m1/s1. The van der Waals surface area contributed by atoms with Gasteiger partial charge in [-0.15, -0.1) is 0 Å². The molecule has 2 heterocycles. The Hall–Kier alpha value is -0.660. The minimum Gasteiger partial charge on any atom is -0.337 e. The van der Waals surface area contributed by atoms with Gasteiger partial charge in [0.1, 0.15) is 5.25 Å². The molecule has 7 heteroatoms. The van der Waals surface area contributed by atoms with Gasteiger partial charge in [0.25, 0.3) is 0 Å². The van der Waals surface area contributed by atoms with E-state index in [4.69, 9.17) is 5.14 Å². The molecule has 0 spiro atoms. The van der Waals surface area contributed by atoms with Gasteiger partial charge in [0.15, 0.2) is 0 Å². The number of carbonyl (C=O) groups is 1.